The molecule has 1 saturated heterocycles. The molecule has 1 aromatic rings. The van der Waals surface area contributed by atoms with Gasteiger partial charge < -0.3 is 19.7 Å². The number of hydrazine groups is 1. The molecule has 0 unspecified atom stereocenters. The second kappa shape index (κ2) is 10.7. The van der Waals surface area contributed by atoms with Crippen molar-refractivity contribution in [2.45, 2.75) is 45.6 Å². The highest BCUT2D eigenvalue weighted by Crippen LogP contribution is 2.22. The third-order valence-corrected chi connectivity index (χ3v) is 4.62. The Balaban J connectivity index is 1.62. The standard InChI is InChI=1S/C21H32N4O5/c1-21(2,3)30-20(28)25-11-9-15(10-12-25)13-18(26)23-24-19(27)14-22-16-5-7-17(29-4)8-6-16/h5-8,15,22H,9-14H2,1-4H3,(H,23,26)(H,24,27). The number of rotatable bonds is 6. The first-order chi connectivity index (χ1) is 14.2. The molecule has 1 aliphatic rings. The van der Waals surface area contributed by atoms with Gasteiger partial charge in [-0.05, 0) is 63.8 Å². The van der Waals surface area contributed by atoms with Crippen LogP contribution in [0.1, 0.15) is 40.0 Å². The average molecular weight is 421 g/mol. The van der Waals surface area contributed by atoms with E-state index in [-0.39, 0.29) is 30.4 Å². The van der Waals surface area contributed by atoms with Crippen molar-refractivity contribution in [2.24, 2.45) is 5.92 Å². The van der Waals surface area contributed by atoms with Gasteiger partial charge in [0, 0.05) is 25.2 Å². The fourth-order valence-electron chi connectivity index (χ4n) is 3.03. The number of benzene rings is 1. The van der Waals surface area contributed by atoms with E-state index < -0.39 is 5.60 Å². The normalized spacial score (nSPS) is 14.6. The molecule has 0 bridgehead atoms. The average Bonchev–Trinajstić information content (AvgIpc) is 2.70. The molecule has 2 rings (SSSR count). The Morgan fingerprint density at radius 3 is 2.20 bits per heavy atom. The summed E-state index contributed by atoms with van der Waals surface area (Å²) in [6.45, 7) is 6.66. The maximum atomic E-state index is 12.1. The van der Waals surface area contributed by atoms with Crippen molar-refractivity contribution in [1.29, 1.82) is 0 Å². The first-order valence-corrected chi connectivity index (χ1v) is 10.1. The Hall–Kier alpha value is -2.97. The van der Waals surface area contributed by atoms with Crippen LogP contribution in [0.15, 0.2) is 24.3 Å². The lowest BCUT2D eigenvalue weighted by Gasteiger charge is -2.33. The van der Waals surface area contributed by atoms with E-state index >= 15 is 0 Å². The molecule has 1 aromatic carbocycles. The first kappa shape index (κ1) is 23.3. The molecule has 0 spiro atoms. The van der Waals surface area contributed by atoms with E-state index in [9.17, 15) is 14.4 Å². The topological polar surface area (TPSA) is 109 Å². The van der Waals surface area contributed by atoms with E-state index in [4.69, 9.17) is 9.47 Å². The van der Waals surface area contributed by atoms with Gasteiger partial charge in [-0.25, -0.2) is 4.79 Å². The van der Waals surface area contributed by atoms with Crippen molar-refractivity contribution in [3.8, 4) is 5.75 Å². The number of methoxy groups -OCH3 is 1. The third-order valence-electron chi connectivity index (χ3n) is 4.62. The molecular weight excluding hydrogens is 388 g/mol. The molecule has 0 saturated carbocycles. The van der Waals surface area contributed by atoms with Gasteiger partial charge in [0.1, 0.15) is 11.4 Å². The quantitative estimate of drug-likeness (QED) is 0.610. The van der Waals surface area contributed by atoms with Crippen molar-refractivity contribution in [2.75, 3.05) is 32.1 Å². The van der Waals surface area contributed by atoms with Crippen molar-refractivity contribution >= 4 is 23.6 Å². The molecule has 30 heavy (non-hydrogen) atoms. The zero-order valence-corrected chi connectivity index (χ0v) is 18.1. The van der Waals surface area contributed by atoms with Crippen LogP contribution in [0.2, 0.25) is 0 Å². The second-order valence-electron chi connectivity index (χ2n) is 8.29. The minimum atomic E-state index is -0.520. The van der Waals surface area contributed by atoms with Gasteiger partial charge in [0.25, 0.3) is 5.91 Å². The Morgan fingerprint density at radius 1 is 1.03 bits per heavy atom. The van der Waals surface area contributed by atoms with Crippen LogP contribution in [-0.2, 0) is 14.3 Å². The van der Waals surface area contributed by atoms with Gasteiger partial charge in [0.2, 0.25) is 5.91 Å². The number of hydrogen-bond acceptors (Lipinski definition) is 6. The smallest absolute Gasteiger partial charge is 0.410 e. The monoisotopic (exact) mass is 420 g/mol. The zero-order valence-electron chi connectivity index (χ0n) is 18.1. The molecular formula is C21H32N4O5. The molecule has 1 aliphatic heterocycles. The van der Waals surface area contributed by atoms with Crippen LogP contribution >= 0.6 is 0 Å². The Kier molecular flexibility index (Phi) is 8.32. The second-order valence-corrected chi connectivity index (χ2v) is 8.29. The Labute approximate surface area is 177 Å². The fraction of sp³-hybridized carbons (Fsp3) is 0.571. The molecule has 0 aliphatic carbocycles. The number of piperidine rings is 1. The van der Waals surface area contributed by atoms with Crippen LogP contribution < -0.4 is 20.9 Å². The van der Waals surface area contributed by atoms with Gasteiger partial charge in [0.05, 0.1) is 13.7 Å². The lowest BCUT2D eigenvalue weighted by atomic mass is 9.93. The van der Waals surface area contributed by atoms with Gasteiger partial charge in [-0.15, -0.1) is 0 Å². The van der Waals surface area contributed by atoms with Crippen molar-refractivity contribution in [3.63, 3.8) is 0 Å². The molecule has 9 heteroatoms. The van der Waals surface area contributed by atoms with E-state index in [0.717, 1.165) is 24.3 Å². The van der Waals surface area contributed by atoms with Gasteiger partial charge in [-0.3, -0.25) is 20.4 Å². The Morgan fingerprint density at radius 2 is 1.63 bits per heavy atom. The number of ether oxygens (including phenoxy) is 2. The molecule has 3 N–H and O–H groups in total. The summed E-state index contributed by atoms with van der Waals surface area (Å²) >= 11 is 0. The minimum Gasteiger partial charge on any atom is -0.497 e. The van der Waals surface area contributed by atoms with E-state index in [1.807, 2.05) is 20.8 Å². The largest absolute Gasteiger partial charge is 0.497 e. The van der Waals surface area contributed by atoms with E-state index in [1.165, 1.54) is 0 Å². The zero-order chi connectivity index (χ0) is 22.1. The van der Waals surface area contributed by atoms with E-state index in [2.05, 4.69) is 16.2 Å². The van der Waals surface area contributed by atoms with Gasteiger partial charge in [-0.1, -0.05) is 0 Å². The van der Waals surface area contributed by atoms with Gasteiger partial charge >= 0.3 is 6.09 Å². The molecule has 1 heterocycles. The summed E-state index contributed by atoms with van der Waals surface area (Å²) < 4.78 is 10.5. The fourth-order valence-corrected chi connectivity index (χ4v) is 3.03. The molecule has 3 amide bonds. The highest BCUT2D eigenvalue weighted by molar-refractivity contribution is 5.84. The summed E-state index contributed by atoms with van der Waals surface area (Å²) in [5.41, 5.74) is 5.11. The van der Waals surface area contributed by atoms with E-state index in [0.29, 0.717) is 19.5 Å². The number of hydrogen-bond donors (Lipinski definition) is 3. The number of anilines is 1. The van der Waals surface area contributed by atoms with Crippen molar-refractivity contribution < 1.29 is 23.9 Å². The summed E-state index contributed by atoms with van der Waals surface area (Å²) in [6, 6.07) is 7.18. The SMILES string of the molecule is COc1ccc(NCC(=O)NNC(=O)CC2CCN(C(=O)OC(C)(C)C)CC2)cc1. The molecule has 9 nitrogen and oxygen atoms in total. The van der Waals surface area contributed by atoms with Crippen LogP contribution in [0.5, 0.6) is 5.75 Å². The number of nitrogens with one attached hydrogen (secondary N) is 3. The summed E-state index contributed by atoms with van der Waals surface area (Å²) in [5.74, 6) is 0.301. The molecule has 1 fully saturated rings. The lowest BCUT2D eigenvalue weighted by molar-refractivity contribution is -0.128. The van der Waals surface area contributed by atoms with Crippen LogP contribution in [0.3, 0.4) is 0 Å². The summed E-state index contributed by atoms with van der Waals surface area (Å²) in [6.07, 6.45) is 1.43. The lowest BCUT2D eigenvalue weighted by Crippen LogP contribution is -2.46. The predicted molar refractivity (Wildman–Crippen MR) is 113 cm³/mol. The summed E-state index contributed by atoms with van der Waals surface area (Å²) in [5, 5.41) is 2.96. The highest BCUT2D eigenvalue weighted by atomic mass is 16.6. The third kappa shape index (κ3) is 8.18. The van der Waals surface area contributed by atoms with Crippen LogP contribution in [0.25, 0.3) is 0 Å². The number of likely N-dealkylation sites (tertiary alicyclic amines) is 1. The molecule has 0 atom stereocenters. The molecule has 166 valence electrons. The van der Waals surface area contributed by atoms with E-state index in [1.54, 1.807) is 36.3 Å². The van der Waals surface area contributed by atoms with Gasteiger partial charge in [-0.2, -0.15) is 0 Å². The summed E-state index contributed by atoms with van der Waals surface area (Å²) in [4.78, 5) is 37.7. The van der Waals surface area contributed by atoms with Crippen LogP contribution in [-0.4, -0.2) is 55.2 Å². The van der Waals surface area contributed by atoms with Crippen molar-refractivity contribution in [3.05, 3.63) is 24.3 Å². The Bertz CT molecular complexity index is 722. The number of carbonyl (C=O) groups excluding carboxylic acids is 3. The van der Waals surface area contributed by atoms with Gasteiger partial charge in [0.15, 0.2) is 0 Å². The maximum absolute atomic E-state index is 12.1. The first-order valence-electron chi connectivity index (χ1n) is 10.1. The molecule has 0 radical (unpaired) electrons. The van der Waals surface area contributed by atoms with Crippen LogP contribution in [0, 0.1) is 5.92 Å². The predicted octanol–water partition coefficient (Wildman–Crippen LogP) is 2.29. The number of carbonyl (C=O) groups is 3. The highest BCUT2D eigenvalue weighted by Gasteiger charge is 2.27. The van der Waals surface area contributed by atoms with Crippen LogP contribution in [0.4, 0.5) is 10.5 Å². The summed E-state index contributed by atoms with van der Waals surface area (Å²) in [7, 11) is 1.59. The number of nitrogens with zero attached hydrogens (tertiary/aromatic N) is 1. The number of amides is 3. The maximum Gasteiger partial charge on any atom is 0.410 e. The minimum absolute atomic E-state index is 0.0287. The molecule has 0 aromatic heterocycles. The van der Waals surface area contributed by atoms with Crippen molar-refractivity contribution in [1.82, 2.24) is 15.8 Å².